The first kappa shape index (κ1) is 14.2. The van der Waals surface area contributed by atoms with Crippen LogP contribution in [-0.4, -0.2) is 68.7 Å². The van der Waals surface area contributed by atoms with Gasteiger partial charge >= 0.3 is 0 Å². The van der Waals surface area contributed by atoms with Crippen molar-refractivity contribution in [2.45, 2.75) is 48.9 Å². The maximum absolute atomic E-state index is 9.71. The highest BCUT2D eigenvalue weighted by Gasteiger charge is 2.46. The van der Waals surface area contributed by atoms with Crippen LogP contribution in [0.3, 0.4) is 0 Å². The molecule has 1 aliphatic rings. The molecule has 6 nitrogen and oxygen atoms in total. The third-order valence-corrected chi connectivity index (χ3v) is 3.63. The van der Waals surface area contributed by atoms with Crippen molar-refractivity contribution in [1.29, 1.82) is 0 Å². The van der Waals surface area contributed by atoms with E-state index < -0.39 is 42.0 Å². The zero-order valence-electron chi connectivity index (χ0n) is 9.22. The Labute approximate surface area is 98.4 Å². The van der Waals surface area contributed by atoms with Gasteiger partial charge in [0.25, 0.3) is 0 Å². The van der Waals surface area contributed by atoms with E-state index in [1.165, 1.54) is 18.7 Å². The van der Waals surface area contributed by atoms with E-state index in [9.17, 15) is 20.4 Å². The van der Waals surface area contributed by atoms with E-state index in [1.54, 1.807) is 6.26 Å². The first-order valence-corrected chi connectivity index (χ1v) is 6.35. The van der Waals surface area contributed by atoms with Gasteiger partial charge in [-0.3, -0.25) is 0 Å². The van der Waals surface area contributed by atoms with E-state index in [0.717, 1.165) is 0 Å². The largest absolute Gasteiger partial charge is 0.392 e. The van der Waals surface area contributed by atoms with Gasteiger partial charge < -0.3 is 30.9 Å². The Morgan fingerprint density at radius 2 is 1.75 bits per heavy atom. The number of hydrogen-bond donors (Lipinski definition) is 5. The normalized spacial score (nSPS) is 44.1. The number of hydrogen-bond acceptors (Lipinski definition) is 7. The van der Waals surface area contributed by atoms with E-state index in [4.69, 9.17) is 10.5 Å². The average Bonchev–Trinajstić information content (AvgIpc) is 2.25. The molecule has 0 spiro atoms. The number of thioether (sulfide) groups is 1. The Morgan fingerprint density at radius 3 is 2.19 bits per heavy atom. The summed E-state index contributed by atoms with van der Waals surface area (Å²) in [6, 6.07) is -0.813. The van der Waals surface area contributed by atoms with Gasteiger partial charge in [-0.25, -0.2) is 0 Å². The molecule has 1 fully saturated rings. The quantitative estimate of drug-likeness (QED) is 0.390. The molecule has 7 heteroatoms. The summed E-state index contributed by atoms with van der Waals surface area (Å²) in [5.41, 5.74) is 5.01. The molecule has 1 rings (SSSR count). The number of aliphatic hydroxyl groups excluding tert-OH is 4. The lowest BCUT2D eigenvalue weighted by molar-refractivity contribution is -0.207. The van der Waals surface area contributed by atoms with Gasteiger partial charge in [0.1, 0.15) is 29.9 Å². The predicted molar refractivity (Wildman–Crippen MR) is 59.9 cm³/mol. The van der Waals surface area contributed by atoms with Gasteiger partial charge in [0.15, 0.2) is 0 Å². The van der Waals surface area contributed by atoms with Crippen LogP contribution in [0.1, 0.15) is 6.92 Å². The minimum Gasteiger partial charge on any atom is -0.392 e. The number of nitrogens with two attached hydrogens (primary N) is 1. The smallest absolute Gasteiger partial charge is 0.132 e. The Balaban J connectivity index is 2.78. The van der Waals surface area contributed by atoms with Crippen LogP contribution in [0.15, 0.2) is 0 Å². The summed E-state index contributed by atoms with van der Waals surface area (Å²) in [5, 5.41) is 38.2. The summed E-state index contributed by atoms with van der Waals surface area (Å²) in [6.07, 6.45) is -3.84. The Bertz CT molecular complexity index is 228. The van der Waals surface area contributed by atoms with Crippen LogP contribution in [0, 0.1) is 0 Å². The molecular weight excluding hydrogens is 234 g/mol. The van der Waals surface area contributed by atoms with Gasteiger partial charge in [0.05, 0.1) is 12.1 Å². The molecule has 0 aromatic rings. The molecule has 16 heavy (non-hydrogen) atoms. The summed E-state index contributed by atoms with van der Waals surface area (Å²) in [6.45, 7) is 1.48. The molecule has 0 bridgehead atoms. The lowest BCUT2D eigenvalue weighted by Crippen LogP contribution is -2.63. The molecule has 7 atom stereocenters. The standard InChI is InChI=1S/C9H19NO5S/c1-3(11)4(10)8-6(13)5(12)7(14)9(15-8)16-2/h3-9,11-14H,10H2,1-2H3/t3-,4-,5?,6?,7-,8-,9?/m1/s1. The van der Waals surface area contributed by atoms with Crippen molar-refractivity contribution in [1.82, 2.24) is 0 Å². The first-order valence-electron chi connectivity index (χ1n) is 5.06. The summed E-state index contributed by atoms with van der Waals surface area (Å²) < 4.78 is 5.37. The molecule has 96 valence electrons. The molecule has 0 saturated carbocycles. The van der Waals surface area contributed by atoms with Gasteiger partial charge in [-0.15, -0.1) is 11.8 Å². The molecule has 0 aromatic carbocycles. The maximum atomic E-state index is 9.71. The van der Waals surface area contributed by atoms with Crippen LogP contribution < -0.4 is 5.73 Å². The second-order valence-corrected chi connectivity index (χ2v) is 4.93. The Hall–Kier alpha value is 0.110. The van der Waals surface area contributed by atoms with Crippen LogP contribution >= 0.6 is 11.8 Å². The van der Waals surface area contributed by atoms with E-state index in [0.29, 0.717) is 0 Å². The third-order valence-electron chi connectivity index (χ3n) is 2.78. The van der Waals surface area contributed by atoms with Crippen LogP contribution in [0.4, 0.5) is 0 Å². The van der Waals surface area contributed by atoms with E-state index >= 15 is 0 Å². The van der Waals surface area contributed by atoms with Crippen LogP contribution in [0.2, 0.25) is 0 Å². The molecule has 1 aliphatic heterocycles. The van der Waals surface area contributed by atoms with E-state index in [-0.39, 0.29) is 0 Å². The van der Waals surface area contributed by atoms with E-state index in [1.807, 2.05) is 0 Å². The van der Waals surface area contributed by atoms with Crippen molar-refractivity contribution in [3.8, 4) is 0 Å². The first-order chi connectivity index (χ1) is 7.40. The summed E-state index contributed by atoms with van der Waals surface area (Å²) in [4.78, 5) is 0. The SMILES string of the molecule is CSC1O[C@H]([C@H](N)[C@@H](C)O)C(O)C(O)[C@H]1O. The van der Waals surface area contributed by atoms with Crippen molar-refractivity contribution in [3.05, 3.63) is 0 Å². The topological polar surface area (TPSA) is 116 Å². The molecule has 0 aromatic heterocycles. The zero-order valence-corrected chi connectivity index (χ0v) is 10.0. The van der Waals surface area contributed by atoms with Gasteiger partial charge in [-0.1, -0.05) is 0 Å². The Morgan fingerprint density at radius 1 is 1.19 bits per heavy atom. The fraction of sp³-hybridized carbons (Fsp3) is 1.00. The van der Waals surface area contributed by atoms with Crippen LogP contribution in [0.25, 0.3) is 0 Å². The summed E-state index contributed by atoms with van der Waals surface area (Å²) in [7, 11) is 0. The fourth-order valence-corrected chi connectivity index (χ4v) is 2.34. The number of ether oxygens (including phenoxy) is 1. The highest BCUT2D eigenvalue weighted by Crippen LogP contribution is 2.28. The van der Waals surface area contributed by atoms with Crippen LogP contribution in [-0.2, 0) is 4.74 Å². The van der Waals surface area contributed by atoms with Crippen LogP contribution in [0.5, 0.6) is 0 Å². The third kappa shape index (κ3) is 2.67. The average molecular weight is 253 g/mol. The molecule has 1 heterocycles. The highest BCUT2D eigenvalue weighted by molar-refractivity contribution is 7.99. The molecule has 0 radical (unpaired) electrons. The minimum absolute atomic E-state index is 0.659. The zero-order chi connectivity index (χ0) is 12.5. The molecule has 1 saturated heterocycles. The van der Waals surface area contributed by atoms with Crippen molar-refractivity contribution in [2.75, 3.05) is 6.26 Å². The lowest BCUT2D eigenvalue weighted by Gasteiger charge is -2.42. The Kier molecular flexibility index (Phi) is 4.99. The molecule has 3 unspecified atom stereocenters. The van der Waals surface area contributed by atoms with Crippen molar-refractivity contribution >= 4 is 11.8 Å². The maximum Gasteiger partial charge on any atom is 0.132 e. The minimum atomic E-state index is -1.32. The van der Waals surface area contributed by atoms with Gasteiger partial charge in [0.2, 0.25) is 0 Å². The second kappa shape index (κ2) is 5.63. The van der Waals surface area contributed by atoms with Gasteiger partial charge in [-0.2, -0.15) is 0 Å². The van der Waals surface area contributed by atoms with Crippen molar-refractivity contribution in [3.63, 3.8) is 0 Å². The highest BCUT2D eigenvalue weighted by atomic mass is 32.2. The fourth-order valence-electron chi connectivity index (χ4n) is 1.66. The van der Waals surface area contributed by atoms with Gasteiger partial charge in [-0.05, 0) is 13.2 Å². The monoisotopic (exact) mass is 253 g/mol. The molecule has 0 amide bonds. The van der Waals surface area contributed by atoms with Gasteiger partial charge in [0, 0.05) is 0 Å². The number of aliphatic hydroxyl groups is 4. The number of rotatable bonds is 3. The van der Waals surface area contributed by atoms with Crippen molar-refractivity contribution < 1.29 is 25.2 Å². The second-order valence-electron chi connectivity index (χ2n) is 3.99. The predicted octanol–water partition coefficient (Wildman–Crippen LogP) is -2.13. The molecule has 6 N–H and O–H groups in total. The molecular formula is C9H19NO5S. The van der Waals surface area contributed by atoms with Crippen molar-refractivity contribution in [2.24, 2.45) is 5.73 Å². The van der Waals surface area contributed by atoms with E-state index in [2.05, 4.69) is 0 Å². The molecule has 0 aliphatic carbocycles. The summed E-state index contributed by atoms with van der Waals surface area (Å²) >= 11 is 1.21. The lowest BCUT2D eigenvalue weighted by atomic mass is 9.93. The summed E-state index contributed by atoms with van der Waals surface area (Å²) in [5.74, 6) is 0.